The van der Waals surface area contributed by atoms with E-state index in [0.717, 1.165) is 19.3 Å². The average Bonchev–Trinajstić information content (AvgIpc) is 2.64. The molecule has 17 heavy (non-hydrogen) atoms. The number of allylic oxidation sites excluding steroid dienone is 1. The highest BCUT2D eigenvalue weighted by Crippen LogP contribution is 2.28. The monoisotopic (exact) mass is 237 g/mol. The number of fused-ring (bicyclic) bond motifs is 1. The summed E-state index contributed by atoms with van der Waals surface area (Å²) in [5.41, 5.74) is 0.696. The molecule has 1 atom stereocenters. The Kier molecular flexibility index (Phi) is 5.95. The molecule has 1 fully saturated rings. The zero-order valence-electron chi connectivity index (χ0n) is 10.9. The number of hydrogen-bond donors (Lipinski definition) is 1. The van der Waals surface area contributed by atoms with Crippen molar-refractivity contribution in [3.8, 4) is 0 Å². The van der Waals surface area contributed by atoms with Gasteiger partial charge in [-0.3, -0.25) is 14.9 Å². The van der Waals surface area contributed by atoms with Gasteiger partial charge in [0.1, 0.15) is 0 Å². The van der Waals surface area contributed by atoms with Crippen molar-refractivity contribution in [2.45, 2.75) is 58.8 Å². The summed E-state index contributed by atoms with van der Waals surface area (Å²) >= 11 is 0. The van der Waals surface area contributed by atoms with Gasteiger partial charge in [0.2, 0.25) is 5.91 Å². The van der Waals surface area contributed by atoms with Crippen molar-refractivity contribution in [1.82, 2.24) is 5.32 Å². The van der Waals surface area contributed by atoms with Gasteiger partial charge in [-0.05, 0) is 19.3 Å². The van der Waals surface area contributed by atoms with Gasteiger partial charge in [-0.1, -0.05) is 45.6 Å². The van der Waals surface area contributed by atoms with Gasteiger partial charge in [-0.15, -0.1) is 0 Å². The molecule has 0 bridgehead atoms. The molecule has 1 N–H and O–H groups in total. The first-order valence-electron chi connectivity index (χ1n) is 6.75. The summed E-state index contributed by atoms with van der Waals surface area (Å²) in [4.78, 5) is 22.1. The van der Waals surface area contributed by atoms with E-state index < -0.39 is 0 Å². The van der Waals surface area contributed by atoms with E-state index in [1.54, 1.807) is 0 Å². The summed E-state index contributed by atoms with van der Waals surface area (Å²) in [6.45, 7) is 4.46. The highest BCUT2D eigenvalue weighted by Gasteiger charge is 2.36. The van der Waals surface area contributed by atoms with Gasteiger partial charge in [-0.2, -0.15) is 0 Å². The first-order valence-corrected chi connectivity index (χ1v) is 6.75. The molecular weight excluding hydrogens is 214 g/mol. The lowest BCUT2D eigenvalue weighted by atomic mass is 9.90. The number of amides is 2. The van der Waals surface area contributed by atoms with Gasteiger partial charge in [0, 0.05) is 5.57 Å². The third-order valence-electron chi connectivity index (χ3n) is 3.21. The highest BCUT2D eigenvalue weighted by atomic mass is 16.2. The zero-order valence-corrected chi connectivity index (χ0v) is 10.9. The van der Waals surface area contributed by atoms with Crippen molar-refractivity contribution in [2.24, 2.45) is 5.92 Å². The SMILES string of the molecule is CCCCCC.O=C1NC(=O)C2CCCC=C12. The fourth-order valence-electron chi connectivity index (χ4n) is 2.17. The number of rotatable bonds is 3. The van der Waals surface area contributed by atoms with Crippen molar-refractivity contribution >= 4 is 11.8 Å². The molecule has 2 amide bonds. The molecule has 0 aromatic heterocycles. The van der Waals surface area contributed by atoms with Crippen LogP contribution >= 0.6 is 0 Å². The maximum atomic E-state index is 11.0. The van der Waals surface area contributed by atoms with Crippen molar-refractivity contribution in [3.63, 3.8) is 0 Å². The molecule has 1 saturated heterocycles. The second-order valence-corrected chi connectivity index (χ2v) is 4.67. The number of imide groups is 1. The van der Waals surface area contributed by atoms with Crippen LogP contribution in [0.3, 0.4) is 0 Å². The molecule has 1 aliphatic heterocycles. The smallest absolute Gasteiger partial charge is 0.254 e. The first-order chi connectivity index (χ1) is 8.20. The van der Waals surface area contributed by atoms with Crippen LogP contribution in [-0.4, -0.2) is 11.8 Å². The molecule has 3 heteroatoms. The van der Waals surface area contributed by atoms with Crippen molar-refractivity contribution in [1.29, 1.82) is 0 Å². The summed E-state index contributed by atoms with van der Waals surface area (Å²) < 4.78 is 0. The maximum absolute atomic E-state index is 11.0. The Bertz CT molecular complexity index is 303. The molecule has 96 valence electrons. The Morgan fingerprint density at radius 3 is 2.41 bits per heavy atom. The van der Waals surface area contributed by atoms with Gasteiger partial charge in [0.15, 0.2) is 0 Å². The maximum Gasteiger partial charge on any atom is 0.254 e. The van der Waals surface area contributed by atoms with E-state index in [1.807, 2.05) is 6.08 Å². The molecule has 0 spiro atoms. The summed E-state index contributed by atoms with van der Waals surface area (Å²) in [5.74, 6) is -0.420. The van der Waals surface area contributed by atoms with Crippen molar-refractivity contribution < 1.29 is 9.59 Å². The van der Waals surface area contributed by atoms with E-state index in [4.69, 9.17) is 0 Å². The lowest BCUT2D eigenvalue weighted by Crippen LogP contribution is -2.21. The van der Waals surface area contributed by atoms with Crippen LogP contribution in [0.15, 0.2) is 11.6 Å². The quantitative estimate of drug-likeness (QED) is 0.606. The summed E-state index contributed by atoms with van der Waals surface area (Å²) in [7, 11) is 0. The molecule has 0 saturated carbocycles. The van der Waals surface area contributed by atoms with Gasteiger partial charge < -0.3 is 0 Å². The van der Waals surface area contributed by atoms with Gasteiger partial charge in [0.25, 0.3) is 5.91 Å². The Morgan fingerprint density at radius 2 is 1.88 bits per heavy atom. The molecule has 2 rings (SSSR count). The molecule has 0 aromatic carbocycles. The number of nitrogens with one attached hydrogen (secondary N) is 1. The van der Waals surface area contributed by atoms with Crippen LogP contribution < -0.4 is 5.32 Å². The van der Waals surface area contributed by atoms with E-state index in [9.17, 15) is 9.59 Å². The number of carbonyl (C=O) groups excluding carboxylic acids is 2. The highest BCUT2D eigenvalue weighted by molar-refractivity contribution is 6.14. The zero-order chi connectivity index (χ0) is 12.7. The number of carbonyl (C=O) groups is 2. The fraction of sp³-hybridized carbons (Fsp3) is 0.714. The van der Waals surface area contributed by atoms with Crippen molar-refractivity contribution in [3.05, 3.63) is 11.6 Å². The minimum Gasteiger partial charge on any atom is -0.292 e. The van der Waals surface area contributed by atoms with Crippen LogP contribution in [0, 0.1) is 5.92 Å². The Morgan fingerprint density at radius 1 is 1.24 bits per heavy atom. The molecule has 1 unspecified atom stereocenters. The number of hydrogen-bond acceptors (Lipinski definition) is 2. The van der Waals surface area contributed by atoms with E-state index in [0.29, 0.717) is 5.57 Å². The Labute approximate surface area is 104 Å². The molecule has 2 aliphatic rings. The van der Waals surface area contributed by atoms with Gasteiger partial charge >= 0.3 is 0 Å². The molecule has 0 radical (unpaired) electrons. The Hall–Kier alpha value is -1.12. The van der Waals surface area contributed by atoms with Crippen molar-refractivity contribution in [2.75, 3.05) is 0 Å². The van der Waals surface area contributed by atoms with Gasteiger partial charge in [-0.25, -0.2) is 0 Å². The molecule has 3 nitrogen and oxygen atoms in total. The molecule has 0 aromatic rings. The third kappa shape index (κ3) is 3.99. The minimum absolute atomic E-state index is 0.110. The summed E-state index contributed by atoms with van der Waals surface area (Å²) in [5, 5.41) is 2.31. The lowest BCUT2D eigenvalue weighted by Gasteiger charge is -2.11. The largest absolute Gasteiger partial charge is 0.292 e. The van der Waals surface area contributed by atoms with E-state index in [-0.39, 0.29) is 17.7 Å². The fourth-order valence-corrected chi connectivity index (χ4v) is 2.17. The Balaban J connectivity index is 0.000000209. The topological polar surface area (TPSA) is 46.2 Å². The second kappa shape index (κ2) is 7.25. The predicted octanol–water partition coefficient (Wildman–Crippen LogP) is 2.96. The lowest BCUT2D eigenvalue weighted by molar-refractivity contribution is -0.125. The van der Waals surface area contributed by atoms with Crippen LogP contribution in [0.2, 0.25) is 0 Å². The average molecular weight is 237 g/mol. The predicted molar refractivity (Wildman–Crippen MR) is 68.4 cm³/mol. The van der Waals surface area contributed by atoms with Crippen LogP contribution in [0.25, 0.3) is 0 Å². The molecule has 1 heterocycles. The third-order valence-corrected chi connectivity index (χ3v) is 3.21. The van der Waals surface area contributed by atoms with Crippen LogP contribution in [-0.2, 0) is 9.59 Å². The molecular formula is C14H23NO2. The molecule has 1 aliphatic carbocycles. The first kappa shape index (κ1) is 13.9. The summed E-state index contributed by atoms with van der Waals surface area (Å²) in [6.07, 6.45) is 10.2. The minimum atomic E-state index is -0.181. The van der Waals surface area contributed by atoms with Gasteiger partial charge in [0.05, 0.1) is 5.92 Å². The van der Waals surface area contributed by atoms with E-state index >= 15 is 0 Å². The second-order valence-electron chi connectivity index (χ2n) is 4.67. The van der Waals surface area contributed by atoms with Crippen LogP contribution in [0.5, 0.6) is 0 Å². The summed E-state index contributed by atoms with van der Waals surface area (Å²) in [6, 6.07) is 0. The normalized spacial score (nSPS) is 22.2. The van der Waals surface area contributed by atoms with Crippen LogP contribution in [0.1, 0.15) is 58.8 Å². The number of unbranched alkanes of at least 4 members (excludes halogenated alkanes) is 3. The van der Waals surface area contributed by atoms with E-state index in [2.05, 4.69) is 19.2 Å². The van der Waals surface area contributed by atoms with Crippen LogP contribution in [0.4, 0.5) is 0 Å². The van der Waals surface area contributed by atoms with E-state index in [1.165, 1.54) is 25.7 Å². The standard InChI is InChI=1S/C8H9NO2.C6H14/c10-7-5-3-1-2-4-6(5)8(11)9-7;1-3-5-6-4-2/h3,6H,1-2,4H2,(H,9,10,11);3-6H2,1-2H3.